The highest BCUT2D eigenvalue weighted by molar-refractivity contribution is 6.05. The van der Waals surface area contributed by atoms with Crippen LogP contribution in [0.2, 0.25) is 0 Å². The number of benzene rings is 2. The van der Waals surface area contributed by atoms with Crippen molar-refractivity contribution in [2.24, 2.45) is 0 Å². The number of nitrogens with zero attached hydrogens (tertiary/aromatic N) is 1. The molecule has 0 atom stereocenters. The van der Waals surface area contributed by atoms with E-state index in [0.29, 0.717) is 18.1 Å². The van der Waals surface area contributed by atoms with Crippen LogP contribution in [0.5, 0.6) is 5.75 Å². The molecule has 0 unspecified atom stereocenters. The van der Waals surface area contributed by atoms with Gasteiger partial charge >= 0.3 is 5.97 Å². The predicted octanol–water partition coefficient (Wildman–Crippen LogP) is 3.47. The quantitative estimate of drug-likeness (QED) is 0.522. The number of hydrogen-bond donors (Lipinski definition) is 2. The number of nitrogens with two attached hydrogens (primary N) is 1. The molecule has 3 rings (SSSR count). The Bertz CT molecular complexity index is 941. The maximum Gasteiger partial charge on any atom is 0.307 e. The van der Waals surface area contributed by atoms with E-state index in [9.17, 15) is 4.79 Å². The maximum absolute atomic E-state index is 11.3. The van der Waals surface area contributed by atoms with E-state index >= 15 is 0 Å². The smallest absolute Gasteiger partial charge is 0.307 e. The number of fused-ring (bicyclic) bond motifs is 1. The van der Waals surface area contributed by atoms with Gasteiger partial charge in [0.05, 0.1) is 20.6 Å². The molecule has 6 heteroatoms. The van der Waals surface area contributed by atoms with E-state index in [0.717, 1.165) is 27.6 Å². The fraction of sp³-hybridized carbons (Fsp3) is 0.200. The molecule has 0 fully saturated rings. The molecule has 0 saturated carbocycles. The molecular formula is C20H21N3O3. The zero-order valence-corrected chi connectivity index (χ0v) is 14.8. The van der Waals surface area contributed by atoms with Gasteiger partial charge in [0.15, 0.2) is 0 Å². The van der Waals surface area contributed by atoms with Crippen molar-refractivity contribution in [3.63, 3.8) is 0 Å². The Hall–Kier alpha value is -3.28. The van der Waals surface area contributed by atoms with E-state index in [1.165, 1.54) is 7.11 Å². The van der Waals surface area contributed by atoms with E-state index < -0.39 is 0 Å². The lowest BCUT2D eigenvalue weighted by Crippen LogP contribution is -2.11. The molecule has 0 aliphatic rings. The predicted molar refractivity (Wildman–Crippen MR) is 103 cm³/mol. The lowest BCUT2D eigenvalue weighted by Gasteiger charge is -2.15. The number of nitrogen functional groups attached to an aromatic ring is 1. The first-order valence-corrected chi connectivity index (χ1v) is 8.26. The molecule has 0 bridgehead atoms. The Labute approximate surface area is 151 Å². The summed E-state index contributed by atoms with van der Waals surface area (Å²) in [6, 6.07) is 13.5. The van der Waals surface area contributed by atoms with Crippen LogP contribution in [-0.2, 0) is 9.53 Å². The summed E-state index contributed by atoms with van der Waals surface area (Å²) in [5.74, 6) is 1.17. The lowest BCUT2D eigenvalue weighted by atomic mass is 9.99. The van der Waals surface area contributed by atoms with Crippen molar-refractivity contribution in [1.82, 2.24) is 4.98 Å². The van der Waals surface area contributed by atoms with Gasteiger partial charge in [-0.2, -0.15) is 0 Å². The Balaban J connectivity index is 2.08. The van der Waals surface area contributed by atoms with Gasteiger partial charge in [-0.15, -0.1) is 0 Å². The first-order valence-electron chi connectivity index (χ1n) is 8.26. The lowest BCUT2D eigenvalue weighted by molar-refractivity contribution is -0.140. The minimum Gasteiger partial charge on any atom is -0.496 e. The highest BCUT2D eigenvalue weighted by atomic mass is 16.5. The topological polar surface area (TPSA) is 86.5 Å². The number of ether oxygens (including phenoxy) is 2. The van der Waals surface area contributed by atoms with Crippen LogP contribution in [0.3, 0.4) is 0 Å². The van der Waals surface area contributed by atoms with Gasteiger partial charge in [0.2, 0.25) is 0 Å². The maximum atomic E-state index is 11.3. The number of carbonyl (C=O) groups excluding carboxylic acids is 1. The second-order valence-electron chi connectivity index (χ2n) is 5.78. The van der Waals surface area contributed by atoms with Gasteiger partial charge in [-0.1, -0.05) is 24.3 Å². The zero-order chi connectivity index (χ0) is 18.5. The molecule has 0 radical (unpaired) electrons. The molecule has 6 nitrogen and oxygen atoms in total. The molecule has 1 aromatic heterocycles. The number of rotatable bonds is 6. The molecule has 134 valence electrons. The van der Waals surface area contributed by atoms with Crippen molar-refractivity contribution in [3.8, 4) is 16.9 Å². The van der Waals surface area contributed by atoms with Gasteiger partial charge in [-0.25, -0.2) is 4.98 Å². The Morgan fingerprint density at radius 2 is 2.00 bits per heavy atom. The minimum atomic E-state index is -0.268. The van der Waals surface area contributed by atoms with Crippen molar-refractivity contribution in [3.05, 3.63) is 48.7 Å². The van der Waals surface area contributed by atoms with Crippen molar-refractivity contribution >= 4 is 28.2 Å². The number of anilines is 2. The van der Waals surface area contributed by atoms with E-state index in [4.69, 9.17) is 10.5 Å². The van der Waals surface area contributed by atoms with Crippen molar-refractivity contribution in [2.75, 3.05) is 31.8 Å². The summed E-state index contributed by atoms with van der Waals surface area (Å²) in [6.45, 7) is 0.434. The molecule has 0 aliphatic heterocycles. The summed E-state index contributed by atoms with van der Waals surface area (Å²) in [5.41, 5.74) is 8.53. The molecule has 0 aliphatic carbocycles. The zero-order valence-electron chi connectivity index (χ0n) is 14.8. The number of methoxy groups -OCH3 is 2. The number of esters is 1. The van der Waals surface area contributed by atoms with Gasteiger partial charge < -0.3 is 20.5 Å². The van der Waals surface area contributed by atoms with Gasteiger partial charge in [0, 0.05) is 34.8 Å². The molecule has 0 amide bonds. The normalized spacial score (nSPS) is 10.5. The summed E-state index contributed by atoms with van der Waals surface area (Å²) < 4.78 is 10.2. The number of nitrogens with one attached hydrogen (secondary N) is 1. The third kappa shape index (κ3) is 3.54. The SMILES string of the molecule is COC(=O)CCNc1ncc(-c2cccc(N)c2)c2c(OC)cccc12. The third-order valence-corrected chi connectivity index (χ3v) is 4.14. The van der Waals surface area contributed by atoms with Crippen LogP contribution in [0, 0.1) is 0 Å². The number of pyridine rings is 1. The Kier molecular flexibility index (Phi) is 5.22. The van der Waals surface area contributed by atoms with Gasteiger partial charge in [0.1, 0.15) is 11.6 Å². The molecule has 0 saturated heterocycles. The summed E-state index contributed by atoms with van der Waals surface area (Å²) in [7, 11) is 3.02. The highest BCUT2D eigenvalue weighted by Crippen LogP contribution is 2.38. The van der Waals surface area contributed by atoms with E-state index in [1.807, 2.05) is 42.5 Å². The van der Waals surface area contributed by atoms with E-state index in [-0.39, 0.29) is 12.4 Å². The van der Waals surface area contributed by atoms with Crippen molar-refractivity contribution < 1.29 is 14.3 Å². The molecule has 1 heterocycles. The summed E-state index contributed by atoms with van der Waals surface area (Å²) >= 11 is 0. The monoisotopic (exact) mass is 351 g/mol. The largest absolute Gasteiger partial charge is 0.496 e. The van der Waals surface area contributed by atoms with Crippen molar-refractivity contribution in [1.29, 1.82) is 0 Å². The molecule has 3 aromatic rings. The van der Waals surface area contributed by atoms with Crippen LogP contribution in [0.15, 0.2) is 48.7 Å². The minimum absolute atomic E-state index is 0.264. The second-order valence-corrected chi connectivity index (χ2v) is 5.78. The first-order chi connectivity index (χ1) is 12.6. The highest BCUT2D eigenvalue weighted by Gasteiger charge is 2.14. The molecule has 3 N–H and O–H groups in total. The van der Waals surface area contributed by atoms with Crippen LogP contribution in [0.4, 0.5) is 11.5 Å². The van der Waals surface area contributed by atoms with Gasteiger partial charge in [-0.05, 0) is 23.8 Å². The van der Waals surface area contributed by atoms with Crippen molar-refractivity contribution in [2.45, 2.75) is 6.42 Å². The van der Waals surface area contributed by atoms with Gasteiger partial charge in [0.25, 0.3) is 0 Å². The number of carbonyl (C=O) groups is 1. The molecular weight excluding hydrogens is 330 g/mol. The fourth-order valence-electron chi connectivity index (χ4n) is 2.89. The average Bonchev–Trinajstić information content (AvgIpc) is 2.67. The van der Waals surface area contributed by atoms with Crippen LogP contribution in [0.25, 0.3) is 21.9 Å². The van der Waals surface area contributed by atoms with E-state index in [2.05, 4.69) is 15.0 Å². The summed E-state index contributed by atoms with van der Waals surface area (Å²) in [5, 5.41) is 5.05. The second kappa shape index (κ2) is 7.74. The first kappa shape index (κ1) is 17.5. The van der Waals surface area contributed by atoms with E-state index in [1.54, 1.807) is 13.3 Å². The summed E-state index contributed by atoms with van der Waals surface area (Å²) in [4.78, 5) is 15.9. The Morgan fingerprint density at radius 3 is 2.73 bits per heavy atom. The standard InChI is InChI=1S/C20H21N3O3/c1-25-17-8-4-7-15-19(17)16(13-5-3-6-14(21)11-13)12-23-20(15)22-10-9-18(24)26-2/h3-8,11-12H,9-10,21H2,1-2H3,(H,22,23). The molecule has 26 heavy (non-hydrogen) atoms. The van der Waals surface area contributed by atoms with Gasteiger partial charge in [-0.3, -0.25) is 4.79 Å². The van der Waals surface area contributed by atoms with Crippen LogP contribution < -0.4 is 15.8 Å². The number of aromatic nitrogens is 1. The van der Waals surface area contributed by atoms with Crippen LogP contribution in [-0.4, -0.2) is 31.7 Å². The average molecular weight is 351 g/mol. The number of hydrogen-bond acceptors (Lipinski definition) is 6. The van der Waals surface area contributed by atoms with Crippen LogP contribution in [0.1, 0.15) is 6.42 Å². The van der Waals surface area contributed by atoms with Crippen LogP contribution >= 0.6 is 0 Å². The Morgan fingerprint density at radius 1 is 1.19 bits per heavy atom. The molecule has 2 aromatic carbocycles. The third-order valence-electron chi connectivity index (χ3n) is 4.14. The summed E-state index contributed by atoms with van der Waals surface area (Å²) in [6.07, 6.45) is 2.06. The molecule has 0 spiro atoms. The fourth-order valence-corrected chi connectivity index (χ4v) is 2.89.